The number of aliphatic carboxylic acids is 1. The first kappa shape index (κ1) is 11.7. The van der Waals surface area contributed by atoms with Gasteiger partial charge in [0, 0.05) is 12.2 Å². The summed E-state index contributed by atoms with van der Waals surface area (Å²) < 4.78 is 4.91. The van der Waals surface area contributed by atoms with Crippen molar-refractivity contribution in [1.82, 2.24) is 0 Å². The molecule has 4 heteroatoms. The van der Waals surface area contributed by atoms with Crippen molar-refractivity contribution < 1.29 is 19.4 Å². The fourth-order valence-corrected chi connectivity index (χ4v) is 0.798. The van der Waals surface area contributed by atoms with Crippen molar-refractivity contribution in [3.8, 4) is 0 Å². The number of hydrogen-bond acceptors (Lipinski definition) is 3. The predicted molar refractivity (Wildman–Crippen MR) is 47.2 cm³/mol. The zero-order chi connectivity index (χ0) is 10.3. The van der Waals surface area contributed by atoms with Crippen molar-refractivity contribution in [1.29, 1.82) is 0 Å². The van der Waals surface area contributed by atoms with Gasteiger partial charge in [-0.2, -0.15) is 0 Å². The molecule has 0 saturated carbocycles. The molecule has 0 unspecified atom stereocenters. The van der Waals surface area contributed by atoms with E-state index >= 15 is 0 Å². The maximum Gasteiger partial charge on any atom is 0.331 e. The number of carboxylic acids is 1. The van der Waals surface area contributed by atoms with Gasteiger partial charge in [-0.25, -0.2) is 9.59 Å². The molecule has 0 aliphatic carbocycles. The summed E-state index contributed by atoms with van der Waals surface area (Å²) in [6.07, 6.45) is 3.04. The van der Waals surface area contributed by atoms with Gasteiger partial charge >= 0.3 is 11.9 Å². The van der Waals surface area contributed by atoms with E-state index in [1.807, 2.05) is 13.8 Å². The van der Waals surface area contributed by atoms with Gasteiger partial charge < -0.3 is 9.84 Å². The Kier molecular flexibility index (Phi) is 5.59. The molecule has 0 aromatic carbocycles. The Balaban J connectivity index is 3.92. The van der Waals surface area contributed by atoms with Crippen LogP contribution in [-0.2, 0) is 14.3 Å². The van der Waals surface area contributed by atoms with Crippen LogP contribution in [0.1, 0.15) is 26.7 Å². The van der Waals surface area contributed by atoms with Crippen molar-refractivity contribution >= 4 is 11.9 Å². The van der Waals surface area contributed by atoms with E-state index in [1.165, 1.54) is 0 Å². The molecular weight excluding hydrogens is 172 g/mol. The van der Waals surface area contributed by atoms with Gasteiger partial charge in [-0.15, -0.1) is 0 Å². The van der Waals surface area contributed by atoms with Crippen LogP contribution < -0.4 is 0 Å². The minimum atomic E-state index is -1.15. The molecule has 13 heavy (non-hydrogen) atoms. The van der Waals surface area contributed by atoms with Crippen molar-refractivity contribution in [2.75, 3.05) is 0 Å². The van der Waals surface area contributed by atoms with Gasteiger partial charge in [-0.3, -0.25) is 0 Å². The van der Waals surface area contributed by atoms with E-state index in [-0.39, 0.29) is 6.10 Å². The van der Waals surface area contributed by atoms with Crippen LogP contribution in [0.4, 0.5) is 0 Å². The summed E-state index contributed by atoms with van der Waals surface area (Å²) in [5, 5.41) is 8.22. The topological polar surface area (TPSA) is 63.6 Å². The molecule has 0 saturated heterocycles. The summed E-state index contributed by atoms with van der Waals surface area (Å²) in [5.74, 6) is -1.75. The Bertz CT molecular complexity index is 204. The summed E-state index contributed by atoms with van der Waals surface area (Å²) in [4.78, 5) is 20.9. The quantitative estimate of drug-likeness (QED) is 0.520. The van der Waals surface area contributed by atoms with Crippen molar-refractivity contribution in [3.63, 3.8) is 0 Å². The number of carbonyl (C=O) groups excluding carboxylic acids is 1. The van der Waals surface area contributed by atoms with Gasteiger partial charge in [0.1, 0.15) is 6.10 Å². The lowest BCUT2D eigenvalue weighted by Crippen LogP contribution is -2.14. The van der Waals surface area contributed by atoms with E-state index in [0.717, 1.165) is 25.0 Å². The van der Waals surface area contributed by atoms with Crippen molar-refractivity contribution in [2.24, 2.45) is 0 Å². The lowest BCUT2D eigenvalue weighted by atomic mass is 10.2. The van der Waals surface area contributed by atoms with Crippen LogP contribution in [0.25, 0.3) is 0 Å². The summed E-state index contributed by atoms with van der Waals surface area (Å²) in [6.45, 7) is 3.81. The van der Waals surface area contributed by atoms with Crippen LogP contribution in [-0.4, -0.2) is 23.1 Å². The van der Waals surface area contributed by atoms with E-state index in [1.54, 1.807) is 0 Å². The molecule has 0 aliphatic rings. The molecule has 0 rings (SSSR count). The largest absolute Gasteiger partial charge is 0.478 e. The number of rotatable bonds is 5. The van der Waals surface area contributed by atoms with Gasteiger partial charge in [-0.05, 0) is 12.8 Å². The third kappa shape index (κ3) is 5.90. The second kappa shape index (κ2) is 6.22. The summed E-state index contributed by atoms with van der Waals surface area (Å²) in [7, 11) is 0. The van der Waals surface area contributed by atoms with Gasteiger partial charge in [0.2, 0.25) is 0 Å². The van der Waals surface area contributed by atoms with E-state index < -0.39 is 11.9 Å². The molecule has 0 spiro atoms. The molecule has 0 amide bonds. The van der Waals surface area contributed by atoms with Crippen molar-refractivity contribution in [3.05, 3.63) is 12.2 Å². The number of carboxylic acid groups (broad SMARTS) is 1. The average molecular weight is 186 g/mol. The summed E-state index contributed by atoms with van der Waals surface area (Å²) in [6, 6.07) is 0. The molecule has 0 aromatic heterocycles. The molecule has 0 radical (unpaired) electrons. The molecule has 0 fully saturated rings. The number of hydrogen-bond donors (Lipinski definition) is 1. The second-order valence-corrected chi connectivity index (χ2v) is 2.55. The normalized spacial score (nSPS) is 10.7. The SMILES string of the molecule is CCC(CC)OC(=O)C=CC(=O)O. The van der Waals surface area contributed by atoms with Gasteiger partial charge in [-0.1, -0.05) is 13.8 Å². The third-order valence-electron chi connectivity index (χ3n) is 1.56. The second-order valence-electron chi connectivity index (χ2n) is 2.55. The van der Waals surface area contributed by atoms with Crippen LogP contribution in [0, 0.1) is 0 Å². The van der Waals surface area contributed by atoms with Gasteiger partial charge in [0.05, 0.1) is 0 Å². The molecule has 0 heterocycles. The standard InChI is InChI=1S/C9H14O4/c1-3-7(4-2)13-9(12)6-5-8(10)11/h5-7H,3-4H2,1-2H3,(H,10,11). The lowest BCUT2D eigenvalue weighted by Gasteiger charge is -2.11. The Labute approximate surface area is 77.2 Å². The average Bonchev–Trinajstić information content (AvgIpc) is 2.10. The van der Waals surface area contributed by atoms with Crippen molar-refractivity contribution in [2.45, 2.75) is 32.8 Å². The predicted octanol–water partition coefficient (Wildman–Crippen LogP) is 1.36. The maximum absolute atomic E-state index is 10.9. The molecule has 0 atom stereocenters. The first-order valence-corrected chi connectivity index (χ1v) is 4.21. The zero-order valence-corrected chi connectivity index (χ0v) is 7.82. The van der Waals surface area contributed by atoms with E-state index in [2.05, 4.69) is 0 Å². The van der Waals surface area contributed by atoms with Gasteiger partial charge in [0.15, 0.2) is 0 Å². The molecule has 4 nitrogen and oxygen atoms in total. The van der Waals surface area contributed by atoms with Gasteiger partial charge in [0.25, 0.3) is 0 Å². The van der Waals surface area contributed by atoms with E-state index in [9.17, 15) is 9.59 Å². The van der Waals surface area contributed by atoms with Crippen LogP contribution in [0.15, 0.2) is 12.2 Å². The number of carbonyl (C=O) groups is 2. The molecule has 0 bridgehead atoms. The molecule has 74 valence electrons. The Morgan fingerprint density at radius 1 is 1.31 bits per heavy atom. The highest BCUT2D eigenvalue weighted by Gasteiger charge is 2.07. The molecular formula is C9H14O4. The monoisotopic (exact) mass is 186 g/mol. The highest BCUT2D eigenvalue weighted by molar-refractivity contribution is 5.90. The smallest absolute Gasteiger partial charge is 0.331 e. The minimum absolute atomic E-state index is 0.119. The summed E-state index contributed by atoms with van der Waals surface area (Å²) in [5.41, 5.74) is 0. The van der Waals surface area contributed by atoms with Crippen LogP contribution in [0.3, 0.4) is 0 Å². The Hall–Kier alpha value is -1.32. The highest BCUT2D eigenvalue weighted by Crippen LogP contribution is 2.02. The molecule has 0 aliphatic heterocycles. The van der Waals surface area contributed by atoms with Crippen LogP contribution in [0.5, 0.6) is 0 Å². The first-order chi connectivity index (χ1) is 6.10. The lowest BCUT2D eigenvalue weighted by molar-refractivity contribution is -0.143. The molecule has 1 N–H and O–H groups in total. The number of esters is 1. The van der Waals surface area contributed by atoms with E-state index in [0.29, 0.717) is 0 Å². The fraction of sp³-hybridized carbons (Fsp3) is 0.556. The minimum Gasteiger partial charge on any atom is -0.478 e. The third-order valence-corrected chi connectivity index (χ3v) is 1.56. The summed E-state index contributed by atoms with van der Waals surface area (Å²) >= 11 is 0. The van der Waals surface area contributed by atoms with Crippen LogP contribution in [0.2, 0.25) is 0 Å². The molecule has 0 aromatic rings. The Morgan fingerprint density at radius 3 is 2.23 bits per heavy atom. The first-order valence-electron chi connectivity index (χ1n) is 4.21. The van der Waals surface area contributed by atoms with Crippen LogP contribution >= 0.6 is 0 Å². The maximum atomic E-state index is 10.9. The van der Waals surface area contributed by atoms with E-state index in [4.69, 9.17) is 9.84 Å². The Morgan fingerprint density at radius 2 is 1.85 bits per heavy atom. The highest BCUT2D eigenvalue weighted by atomic mass is 16.5. The number of ether oxygens (including phenoxy) is 1. The fourth-order valence-electron chi connectivity index (χ4n) is 0.798. The zero-order valence-electron chi connectivity index (χ0n) is 7.82.